The number of fused-ring (bicyclic) bond motifs is 1. The largest absolute Gasteiger partial charge is 0.441 e. The summed E-state index contributed by atoms with van der Waals surface area (Å²) in [6.45, 7) is 9.00. The van der Waals surface area contributed by atoms with Crippen LogP contribution in [0.2, 0.25) is 0 Å². The number of nitrogens with two attached hydrogens (primary N) is 1. The first-order valence-corrected chi connectivity index (χ1v) is 8.83. The van der Waals surface area contributed by atoms with E-state index in [0.29, 0.717) is 31.9 Å². The first-order valence-electron chi connectivity index (χ1n) is 8.83. The molecule has 6 nitrogen and oxygen atoms in total. The summed E-state index contributed by atoms with van der Waals surface area (Å²) in [6.07, 6.45) is 1.10. The van der Waals surface area contributed by atoms with Crippen molar-refractivity contribution in [3.63, 3.8) is 0 Å². The zero-order chi connectivity index (χ0) is 18.2. The van der Waals surface area contributed by atoms with Gasteiger partial charge >= 0.3 is 0 Å². The topological polar surface area (TPSA) is 90.4 Å². The smallest absolute Gasteiger partial charge is 0.240 e. The highest BCUT2D eigenvalue weighted by Crippen LogP contribution is 2.49. The fourth-order valence-electron chi connectivity index (χ4n) is 3.50. The van der Waals surface area contributed by atoms with Crippen LogP contribution in [0, 0.1) is 12.3 Å². The van der Waals surface area contributed by atoms with Gasteiger partial charge in [-0.1, -0.05) is 26.0 Å². The maximum atomic E-state index is 12.6. The Kier molecular flexibility index (Phi) is 6.00. The van der Waals surface area contributed by atoms with E-state index < -0.39 is 5.54 Å². The normalized spacial score (nSPS) is 24.0. The molecule has 0 aliphatic heterocycles. The molecule has 1 aliphatic rings. The number of benzene rings is 1. The van der Waals surface area contributed by atoms with Crippen LogP contribution in [0.3, 0.4) is 0 Å². The minimum atomic E-state index is -0.898. The van der Waals surface area contributed by atoms with Gasteiger partial charge in [0.15, 0.2) is 11.5 Å². The number of oxazole rings is 1. The third-order valence-corrected chi connectivity index (χ3v) is 5.52. The molecule has 2 atom stereocenters. The molecule has 1 aromatic carbocycles. The number of carbonyl (C=O) groups excluding carboxylic acids is 1. The zero-order valence-electron chi connectivity index (χ0n) is 15.8. The van der Waals surface area contributed by atoms with Gasteiger partial charge in [0.1, 0.15) is 11.1 Å². The summed E-state index contributed by atoms with van der Waals surface area (Å²) in [7, 11) is 0. The fraction of sp³-hybridized carbons (Fsp3) is 0.579. The van der Waals surface area contributed by atoms with Gasteiger partial charge in [0.25, 0.3) is 0 Å². The van der Waals surface area contributed by atoms with Gasteiger partial charge in [-0.05, 0) is 25.5 Å². The number of nitrogens with zero attached hydrogens (tertiary/aromatic N) is 1. The number of halogens is 1. The summed E-state index contributed by atoms with van der Waals surface area (Å²) in [5.41, 5.74) is 7.82. The van der Waals surface area contributed by atoms with E-state index in [4.69, 9.17) is 14.9 Å². The Morgan fingerprint density at radius 1 is 1.46 bits per heavy atom. The average molecular weight is 382 g/mol. The van der Waals surface area contributed by atoms with E-state index in [2.05, 4.69) is 10.3 Å². The number of aromatic nitrogens is 1. The van der Waals surface area contributed by atoms with Crippen LogP contribution in [0.4, 0.5) is 0 Å². The van der Waals surface area contributed by atoms with E-state index in [1.807, 2.05) is 45.9 Å². The molecule has 1 saturated carbocycles. The van der Waals surface area contributed by atoms with Crippen molar-refractivity contribution in [2.45, 2.75) is 52.2 Å². The van der Waals surface area contributed by atoms with Gasteiger partial charge in [0, 0.05) is 31.4 Å². The second-order valence-electron chi connectivity index (χ2n) is 7.38. The third-order valence-electron chi connectivity index (χ3n) is 5.52. The lowest BCUT2D eigenvalue weighted by Crippen LogP contribution is -2.75. The Morgan fingerprint density at radius 2 is 2.19 bits per heavy atom. The number of carbonyl (C=O) groups is 1. The summed E-state index contributed by atoms with van der Waals surface area (Å²) in [5, 5.41) is 2.93. The first-order chi connectivity index (χ1) is 11.8. The van der Waals surface area contributed by atoms with Crippen molar-refractivity contribution < 1.29 is 13.9 Å². The minimum Gasteiger partial charge on any atom is -0.441 e. The minimum absolute atomic E-state index is 0. The summed E-state index contributed by atoms with van der Waals surface area (Å²) in [4.78, 5) is 17.1. The van der Waals surface area contributed by atoms with Gasteiger partial charge in [0.2, 0.25) is 5.91 Å². The molecule has 2 aromatic rings. The Bertz CT molecular complexity index is 789. The number of ether oxygens (including phenoxy) is 1. The Balaban J connectivity index is 0.00000243. The second kappa shape index (κ2) is 7.55. The zero-order valence-corrected chi connectivity index (χ0v) is 16.6. The Labute approximate surface area is 160 Å². The predicted molar refractivity (Wildman–Crippen MR) is 103 cm³/mol. The molecule has 1 aliphatic carbocycles. The molecule has 3 rings (SSSR count). The summed E-state index contributed by atoms with van der Waals surface area (Å²) >= 11 is 0. The van der Waals surface area contributed by atoms with Crippen molar-refractivity contribution in [2.24, 2.45) is 11.1 Å². The van der Waals surface area contributed by atoms with Gasteiger partial charge in [-0.3, -0.25) is 4.79 Å². The van der Waals surface area contributed by atoms with E-state index in [1.165, 1.54) is 0 Å². The van der Waals surface area contributed by atoms with Crippen LogP contribution in [-0.2, 0) is 16.0 Å². The molecule has 0 radical (unpaired) electrons. The van der Waals surface area contributed by atoms with Gasteiger partial charge in [-0.2, -0.15) is 0 Å². The van der Waals surface area contributed by atoms with Crippen LogP contribution < -0.4 is 11.1 Å². The van der Waals surface area contributed by atoms with Crippen LogP contribution in [-0.4, -0.2) is 35.7 Å². The van der Waals surface area contributed by atoms with Crippen molar-refractivity contribution in [1.82, 2.24) is 10.3 Å². The van der Waals surface area contributed by atoms with Crippen molar-refractivity contribution in [3.05, 3.63) is 29.7 Å². The van der Waals surface area contributed by atoms with Crippen molar-refractivity contribution >= 4 is 29.4 Å². The van der Waals surface area contributed by atoms with Crippen LogP contribution in [0.1, 0.15) is 38.6 Å². The number of rotatable bonds is 6. The number of aryl methyl sites for hydroxylation is 1. The number of nitrogens with one attached hydrogen (secondary N) is 1. The van der Waals surface area contributed by atoms with Crippen LogP contribution in [0.25, 0.3) is 11.1 Å². The molecule has 0 spiro atoms. The molecule has 1 amide bonds. The Hall–Kier alpha value is -1.63. The molecular weight excluding hydrogens is 354 g/mol. The summed E-state index contributed by atoms with van der Waals surface area (Å²) in [6, 6.07) is 5.85. The fourth-order valence-corrected chi connectivity index (χ4v) is 3.50. The summed E-state index contributed by atoms with van der Waals surface area (Å²) in [5.74, 6) is 0.483. The molecule has 0 saturated heterocycles. The standard InChI is InChI=1S/C19H27N3O3.ClH/c1-5-24-14-11-19(20,18(14,3)4)17(23)21-10-9-15-22-16-12(2)7-6-8-13(16)25-15;/h6-8,14H,5,9-11,20H2,1-4H3,(H,21,23);1H. The molecule has 26 heavy (non-hydrogen) atoms. The maximum absolute atomic E-state index is 12.6. The number of amides is 1. The molecule has 1 aromatic heterocycles. The van der Waals surface area contributed by atoms with Crippen molar-refractivity contribution in [2.75, 3.05) is 13.2 Å². The van der Waals surface area contributed by atoms with Crippen LogP contribution in [0.15, 0.2) is 22.6 Å². The highest BCUT2D eigenvalue weighted by molar-refractivity contribution is 5.88. The van der Waals surface area contributed by atoms with E-state index in [9.17, 15) is 4.79 Å². The Morgan fingerprint density at radius 3 is 2.81 bits per heavy atom. The van der Waals surface area contributed by atoms with Crippen LogP contribution in [0.5, 0.6) is 0 Å². The average Bonchev–Trinajstić information content (AvgIpc) is 2.98. The maximum Gasteiger partial charge on any atom is 0.240 e. The van der Waals surface area contributed by atoms with Crippen LogP contribution >= 0.6 is 12.4 Å². The van der Waals surface area contributed by atoms with E-state index >= 15 is 0 Å². The lowest BCUT2D eigenvalue weighted by Gasteiger charge is -2.57. The predicted octanol–water partition coefficient (Wildman–Crippen LogP) is 2.75. The van der Waals surface area contributed by atoms with Crippen molar-refractivity contribution in [1.29, 1.82) is 0 Å². The van der Waals surface area contributed by atoms with Gasteiger partial charge < -0.3 is 20.2 Å². The highest BCUT2D eigenvalue weighted by Gasteiger charge is 2.62. The number of hydrogen-bond donors (Lipinski definition) is 2. The molecule has 0 bridgehead atoms. The molecular formula is C19H28ClN3O3. The van der Waals surface area contributed by atoms with Gasteiger partial charge in [-0.15, -0.1) is 12.4 Å². The lowest BCUT2D eigenvalue weighted by atomic mass is 9.54. The molecule has 3 N–H and O–H groups in total. The van der Waals surface area contributed by atoms with E-state index in [0.717, 1.165) is 16.7 Å². The van der Waals surface area contributed by atoms with E-state index in [-0.39, 0.29) is 29.8 Å². The second-order valence-corrected chi connectivity index (χ2v) is 7.38. The monoisotopic (exact) mass is 381 g/mol. The van der Waals surface area contributed by atoms with Crippen molar-refractivity contribution in [3.8, 4) is 0 Å². The molecule has 7 heteroatoms. The molecule has 1 fully saturated rings. The third kappa shape index (κ3) is 3.33. The quantitative estimate of drug-likeness (QED) is 0.802. The molecule has 1 heterocycles. The first kappa shape index (κ1) is 20.7. The highest BCUT2D eigenvalue weighted by atomic mass is 35.5. The SMILES string of the molecule is CCOC1CC(N)(C(=O)NCCc2nc3c(C)cccc3o2)C1(C)C.Cl. The molecule has 144 valence electrons. The van der Waals surface area contributed by atoms with Gasteiger partial charge in [0.05, 0.1) is 6.10 Å². The van der Waals surface area contributed by atoms with E-state index in [1.54, 1.807) is 0 Å². The van der Waals surface area contributed by atoms with Gasteiger partial charge in [-0.25, -0.2) is 4.98 Å². The number of para-hydroxylation sites is 1. The summed E-state index contributed by atoms with van der Waals surface area (Å²) < 4.78 is 11.4. The number of hydrogen-bond acceptors (Lipinski definition) is 5. The molecule has 2 unspecified atom stereocenters. The lowest BCUT2D eigenvalue weighted by molar-refractivity contribution is -0.170.